The Labute approximate surface area is 140 Å². The highest BCUT2D eigenvalue weighted by molar-refractivity contribution is 6.08. The van der Waals surface area contributed by atoms with Crippen LogP contribution >= 0.6 is 0 Å². The molecule has 0 spiro atoms. The molecule has 154 valence electrons. The number of pyridine rings is 1. The molecule has 0 aliphatic heterocycles. The number of hydrogen-bond acceptors (Lipinski definition) is 4. The van der Waals surface area contributed by atoms with Crippen LogP contribution in [-0.4, -0.2) is 34.7 Å². The first-order chi connectivity index (χ1) is 11.7. The number of nitrogens with zero attached hydrogens (tertiary/aromatic N) is 1. The summed E-state index contributed by atoms with van der Waals surface area (Å²) >= 11 is 0. The van der Waals surface area contributed by atoms with Gasteiger partial charge in [0.15, 0.2) is 0 Å². The summed E-state index contributed by atoms with van der Waals surface area (Å²) in [6.07, 6.45) is -13.4. The zero-order valence-electron chi connectivity index (χ0n) is 12.1. The summed E-state index contributed by atoms with van der Waals surface area (Å²) in [6.45, 7) is 0. The standard InChI is InChI=1S/C11H5F12N3O/c12-7(13,9(17,18)10(19,20)11(21,22)23)5(27)3-2(8(14,15)16)1-26-6(25)4(3)24/h1H,24H2,(H2,25,26). The minimum atomic E-state index is -7.48. The molecular formula is C11H5F12N3O. The van der Waals surface area contributed by atoms with Crippen molar-refractivity contribution >= 4 is 17.3 Å². The Morgan fingerprint density at radius 2 is 1.26 bits per heavy atom. The zero-order valence-corrected chi connectivity index (χ0v) is 12.1. The quantitative estimate of drug-likeness (QED) is 0.569. The van der Waals surface area contributed by atoms with E-state index in [0.29, 0.717) is 0 Å². The predicted octanol–water partition coefficient (Wildman–Crippen LogP) is 3.92. The van der Waals surface area contributed by atoms with Crippen molar-refractivity contribution in [3.05, 3.63) is 17.3 Å². The molecule has 1 heterocycles. The summed E-state index contributed by atoms with van der Waals surface area (Å²) < 4.78 is 154. The van der Waals surface area contributed by atoms with Crippen LogP contribution in [0.1, 0.15) is 15.9 Å². The van der Waals surface area contributed by atoms with Crippen molar-refractivity contribution in [1.82, 2.24) is 4.98 Å². The van der Waals surface area contributed by atoms with Crippen LogP contribution in [0, 0.1) is 0 Å². The molecule has 4 nitrogen and oxygen atoms in total. The maximum absolute atomic E-state index is 13.6. The molecule has 27 heavy (non-hydrogen) atoms. The Morgan fingerprint density at radius 1 is 0.815 bits per heavy atom. The number of nitrogen functional groups attached to an aromatic ring is 2. The van der Waals surface area contributed by atoms with Crippen molar-refractivity contribution in [2.75, 3.05) is 11.5 Å². The largest absolute Gasteiger partial charge is 0.460 e. The molecule has 1 rings (SSSR count). The number of nitrogens with two attached hydrogens (primary N) is 2. The number of ketones is 1. The van der Waals surface area contributed by atoms with Crippen LogP contribution in [0.4, 0.5) is 64.2 Å². The Bertz CT molecular complexity index is 752. The number of Topliss-reactive ketones (excluding diaryl/α,β-unsaturated/α-hetero) is 1. The van der Waals surface area contributed by atoms with Crippen molar-refractivity contribution in [2.24, 2.45) is 0 Å². The molecule has 4 N–H and O–H groups in total. The van der Waals surface area contributed by atoms with E-state index >= 15 is 0 Å². The highest BCUT2D eigenvalue weighted by Gasteiger charge is 2.83. The second-order valence-corrected chi connectivity index (χ2v) is 4.89. The molecule has 0 aliphatic rings. The summed E-state index contributed by atoms with van der Waals surface area (Å²) in [5.41, 5.74) is 2.89. The van der Waals surface area contributed by atoms with Gasteiger partial charge in [0.1, 0.15) is 5.82 Å². The van der Waals surface area contributed by atoms with Crippen molar-refractivity contribution in [3.63, 3.8) is 0 Å². The number of aromatic nitrogens is 1. The summed E-state index contributed by atoms with van der Waals surface area (Å²) in [4.78, 5) is 14.3. The van der Waals surface area contributed by atoms with Crippen molar-refractivity contribution in [2.45, 2.75) is 30.1 Å². The van der Waals surface area contributed by atoms with Gasteiger partial charge in [0.25, 0.3) is 0 Å². The van der Waals surface area contributed by atoms with Gasteiger partial charge in [-0.25, -0.2) is 4.98 Å². The van der Waals surface area contributed by atoms with Gasteiger partial charge in [-0.2, -0.15) is 52.7 Å². The Hall–Kier alpha value is -2.42. The van der Waals surface area contributed by atoms with Crippen molar-refractivity contribution in [3.8, 4) is 0 Å². The Morgan fingerprint density at radius 3 is 1.63 bits per heavy atom. The third-order valence-corrected chi connectivity index (χ3v) is 3.11. The van der Waals surface area contributed by atoms with Gasteiger partial charge in [0, 0.05) is 6.20 Å². The zero-order chi connectivity index (χ0) is 21.8. The molecule has 16 heteroatoms. The summed E-state index contributed by atoms with van der Waals surface area (Å²) in [5, 5.41) is 0. The molecule has 0 aliphatic carbocycles. The van der Waals surface area contributed by atoms with E-state index in [9.17, 15) is 57.5 Å². The van der Waals surface area contributed by atoms with Gasteiger partial charge in [0.05, 0.1) is 16.8 Å². The Kier molecular flexibility index (Phi) is 5.07. The fourth-order valence-corrected chi connectivity index (χ4v) is 1.68. The van der Waals surface area contributed by atoms with Gasteiger partial charge < -0.3 is 11.5 Å². The SMILES string of the molecule is Nc1ncc(C(F)(F)F)c(C(=O)C(F)(F)C(F)(F)C(F)(F)C(F)(F)F)c1N. The van der Waals surface area contributed by atoms with Gasteiger partial charge in [-0.3, -0.25) is 4.79 Å². The number of alkyl halides is 12. The van der Waals surface area contributed by atoms with Crippen molar-refractivity contribution in [1.29, 1.82) is 0 Å². The number of anilines is 2. The molecule has 0 amide bonds. The van der Waals surface area contributed by atoms with Gasteiger partial charge in [-0.15, -0.1) is 0 Å². The van der Waals surface area contributed by atoms with E-state index in [1.165, 1.54) is 0 Å². The van der Waals surface area contributed by atoms with E-state index in [1.54, 1.807) is 0 Å². The molecule has 0 saturated carbocycles. The second-order valence-electron chi connectivity index (χ2n) is 4.89. The van der Waals surface area contributed by atoms with Crippen LogP contribution in [0.25, 0.3) is 0 Å². The lowest BCUT2D eigenvalue weighted by Gasteiger charge is -2.33. The summed E-state index contributed by atoms with van der Waals surface area (Å²) in [7, 11) is 0. The number of hydrogen-bond donors (Lipinski definition) is 2. The van der Waals surface area contributed by atoms with E-state index in [4.69, 9.17) is 11.5 Å². The highest BCUT2D eigenvalue weighted by atomic mass is 19.4. The van der Waals surface area contributed by atoms with Crippen molar-refractivity contribution < 1.29 is 57.5 Å². The maximum atomic E-state index is 13.6. The lowest BCUT2D eigenvalue weighted by molar-refractivity contribution is -0.386. The topological polar surface area (TPSA) is 82.0 Å². The van der Waals surface area contributed by atoms with E-state index in [-0.39, 0.29) is 0 Å². The van der Waals surface area contributed by atoms with Gasteiger partial charge in [-0.1, -0.05) is 0 Å². The van der Waals surface area contributed by atoms with Crippen LogP contribution in [0.3, 0.4) is 0 Å². The summed E-state index contributed by atoms with van der Waals surface area (Å²) in [5.74, 6) is -26.9. The van der Waals surface area contributed by atoms with Gasteiger partial charge in [0.2, 0.25) is 5.78 Å². The summed E-state index contributed by atoms with van der Waals surface area (Å²) in [6, 6.07) is 0. The molecule has 0 saturated heterocycles. The molecule has 1 aromatic rings. The second kappa shape index (κ2) is 6.05. The third kappa shape index (κ3) is 3.31. The van der Waals surface area contributed by atoms with E-state index in [1.807, 2.05) is 0 Å². The highest BCUT2D eigenvalue weighted by Crippen LogP contribution is 2.54. The fourth-order valence-electron chi connectivity index (χ4n) is 1.68. The van der Waals surface area contributed by atoms with Crippen LogP contribution < -0.4 is 11.5 Å². The normalized spacial score (nSPS) is 14.4. The molecule has 1 aromatic heterocycles. The lowest BCUT2D eigenvalue weighted by atomic mass is 9.92. The molecular weight excluding hydrogens is 418 g/mol. The van der Waals surface area contributed by atoms with Crippen LogP contribution in [-0.2, 0) is 6.18 Å². The fraction of sp³-hybridized carbons (Fsp3) is 0.455. The first-order valence-electron chi connectivity index (χ1n) is 6.07. The van der Waals surface area contributed by atoms with Gasteiger partial charge >= 0.3 is 30.1 Å². The van der Waals surface area contributed by atoms with Crippen LogP contribution in [0.15, 0.2) is 6.20 Å². The monoisotopic (exact) mass is 423 g/mol. The Balaban J connectivity index is 3.73. The predicted molar refractivity (Wildman–Crippen MR) is 63.3 cm³/mol. The molecule has 0 aromatic carbocycles. The van der Waals surface area contributed by atoms with Crippen LogP contribution in [0.2, 0.25) is 0 Å². The first-order valence-corrected chi connectivity index (χ1v) is 6.07. The third-order valence-electron chi connectivity index (χ3n) is 3.11. The molecule has 0 radical (unpaired) electrons. The number of rotatable bonds is 4. The van der Waals surface area contributed by atoms with Gasteiger partial charge in [-0.05, 0) is 0 Å². The molecule has 0 fully saturated rings. The number of carbonyl (C=O) groups excluding carboxylic acids is 1. The van der Waals surface area contributed by atoms with E-state index in [0.717, 1.165) is 0 Å². The number of halogens is 12. The maximum Gasteiger partial charge on any atom is 0.460 e. The number of carbonyl (C=O) groups is 1. The molecule has 0 unspecified atom stereocenters. The average molecular weight is 423 g/mol. The molecule has 0 atom stereocenters. The lowest BCUT2D eigenvalue weighted by Crippen LogP contribution is -2.63. The molecule has 0 bridgehead atoms. The minimum absolute atomic E-state index is 0.408. The first kappa shape index (κ1) is 22.6. The van der Waals surface area contributed by atoms with E-state index in [2.05, 4.69) is 4.98 Å². The smallest absolute Gasteiger partial charge is 0.395 e. The average Bonchev–Trinajstić information content (AvgIpc) is 2.46. The van der Waals surface area contributed by atoms with Crippen LogP contribution in [0.5, 0.6) is 0 Å². The minimum Gasteiger partial charge on any atom is -0.395 e. The van der Waals surface area contributed by atoms with E-state index < -0.39 is 64.7 Å².